The summed E-state index contributed by atoms with van der Waals surface area (Å²) in [5.41, 5.74) is 10.4. The minimum atomic E-state index is 0.161. The monoisotopic (exact) mass is 842 g/mol. The molecule has 0 atom stereocenters. The van der Waals surface area contributed by atoms with Gasteiger partial charge in [-0.15, -0.1) is 0 Å². The van der Waals surface area contributed by atoms with Gasteiger partial charge in [0.05, 0.1) is 0 Å². The summed E-state index contributed by atoms with van der Waals surface area (Å²) in [5.74, 6) is 0. The summed E-state index contributed by atoms with van der Waals surface area (Å²) in [6, 6.07) is 77.3. The molecule has 0 N–H and O–H groups in total. The maximum absolute atomic E-state index is 2.40. The van der Waals surface area contributed by atoms with E-state index in [-0.39, 0.29) is 14.5 Å². The third kappa shape index (κ3) is 4.90. The van der Waals surface area contributed by atoms with Crippen LogP contribution in [0.4, 0.5) is 0 Å². The summed E-state index contributed by atoms with van der Waals surface area (Å²) in [4.78, 5) is 0. The molecule has 60 heavy (non-hydrogen) atoms. The second kappa shape index (κ2) is 13.4. The van der Waals surface area contributed by atoms with Gasteiger partial charge in [-0.05, 0) is 0 Å². The first-order valence-corrected chi connectivity index (χ1v) is 23.1. The van der Waals surface area contributed by atoms with E-state index in [0.29, 0.717) is 0 Å². The van der Waals surface area contributed by atoms with Crippen molar-refractivity contribution in [3.8, 4) is 44.5 Å². The first-order valence-electron chi connectivity index (χ1n) is 20.6. The van der Waals surface area contributed by atoms with E-state index in [4.69, 9.17) is 0 Å². The summed E-state index contributed by atoms with van der Waals surface area (Å²) >= 11 is 2.07. The molecule has 11 aromatic carbocycles. The van der Waals surface area contributed by atoms with Crippen LogP contribution in [0.2, 0.25) is 0 Å². The normalized spacial score (nSPS) is 12.0. The molecule has 0 aliphatic heterocycles. The van der Waals surface area contributed by atoms with Crippen molar-refractivity contribution >= 4 is 108 Å². The molecule has 0 nitrogen and oxygen atoms in total. The van der Waals surface area contributed by atoms with Gasteiger partial charge >= 0.3 is 347 Å². The van der Waals surface area contributed by atoms with Crippen LogP contribution in [0.3, 0.4) is 0 Å². The first-order chi connectivity index (χ1) is 29.8. The first kappa shape index (κ1) is 34.1. The molecule has 0 radical (unpaired) electrons. The molecule has 0 bridgehead atoms. The molecule has 2 heterocycles. The van der Waals surface area contributed by atoms with Crippen LogP contribution in [0.15, 0.2) is 206 Å². The van der Waals surface area contributed by atoms with Gasteiger partial charge in [0.1, 0.15) is 0 Å². The van der Waals surface area contributed by atoms with E-state index in [0.717, 1.165) is 0 Å². The van der Waals surface area contributed by atoms with Crippen molar-refractivity contribution in [2.24, 2.45) is 0 Å². The fourth-order valence-corrected chi connectivity index (χ4v) is 13.9. The number of hydrogen-bond donors (Lipinski definition) is 0. The summed E-state index contributed by atoms with van der Waals surface area (Å²) in [5, 5.41) is 15.7. The number of fused-ring (bicyclic) bond motifs is 10. The van der Waals surface area contributed by atoms with Crippen molar-refractivity contribution in [2.75, 3.05) is 0 Å². The fraction of sp³-hybridized carbons (Fsp3) is 0. The van der Waals surface area contributed by atoms with Gasteiger partial charge in [0.25, 0.3) is 0 Å². The van der Waals surface area contributed by atoms with E-state index in [2.05, 4.69) is 206 Å². The fourth-order valence-electron chi connectivity index (χ4n) is 10.3. The predicted molar refractivity (Wildman–Crippen MR) is 263 cm³/mol. The Morgan fingerprint density at radius 2 is 0.633 bits per heavy atom. The van der Waals surface area contributed by atoms with Gasteiger partial charge in [-0.25, -0.2) is 0 Å². The number of hydrogen-bond acceptors (Lipinski definition) is 1. The Kier molecular flexibility index (Phi) is 7.59. The van der Waals surface area contributed by atoms with E-state index >= 15 is 0 Å². The second-order valence-electron chi connectivity index (χ2n) is 15.8. The quantitative estimate of drug-likeness (QED) is 0.122. The molecule has 0 fully saturated rings. The molecule has 0 saturated carbocycles. The molecule has 2 heteroatoms. The summed E-state index contributed by atoms with van der Waals surface area (Å²) < 4.78 is 5.58. The molecule has 13 rings (SSSR count). The van der Waals surface area contributed by atoms with Crippen LogP contribution >= 0.6 is 11.3 Å². The van der Waals surface area contributed by atoms with E-state index in [1.807, 2.05) is 11.3 Å². The Bertz CT molecular complexity index is 3770. The average molecular weight is 842 g/mol. The molecule has 13 aromatic rings. The van der Waals surface area contributed by atoms with Crippen molar-refractivity contribution in [2.45, 2.75) is 0 Å². The molecule has 0 aliphatic carbocycles. The SMILES string of the molecule is c1ccc(-c2c3ccccc3c(-c3cccc4[se]c5cccc(-c6c7ccccc7c(-c7cccc8c7sc7ccccc78)c7ccccc67)c5c34)c3ccccc23)cc1. The van der Waals surface area contributed by atoms with Crippen molar-refractivity contribution < 1.29 is 0 Å². The van der Waals surface area contributed by atoms with Crippen molar-refractivity contribution in [3.63, 3.8) is 0 Å². The van der Waals surface area contributed by atoms with Gasteiger partial charge in [0.15, 0.2) is 0 Å². The van der Waals surface area contributed by atoms with E-state index in [9.17, 15) is 0 Å². The number of rotatable bonds is 4. The van der Waals surface area contributed by atoms with Crippen LogP contribution in [0.5, 0.6) is 0 Å². The molecule has 0 saturated heterocycles. The summed E-state index contributed by atoms with van der Waals surface area (Å²) in [7, 11) is 0. The minimum absolute atomic E-state index is 0.161. The van der Waals surface area contributed by atoms with Gasteiger partial charge in [0.2, 0.25) is 0 Å². The zero-order valence-corrected chi connectivity index (χ0v) is 35.0. The van der Waals surface area contributed by atoms with E-state index in [1.165, 1.54) is 127 Å². The van der Waals surface area contributed by atoms with Crippen molar-refractivity contribution in [3.05, 3.63) is 206 Å². The van der Waals surface area contributed by atoms with Crippen molar-refractivity contribution in [1.29, 1.82) is 0 Å². The van der Waals surface area contributed by atoms with Crippen LogP contribution < -0.4 is 0 Å². The molecule has 278 valence electrons. The van der Waals surface area contributed by atoms with Gasteiger partial charge in [-0.2, -0.15) is 0 Å². The molecular weight excluding hydrogens is 808 g/mol. The van der Waals surface area contributed by atoms with Crippen LogP contribution in [0, 0.1) is 0 Å². The molecular formula is C58H34SSe. The third-order valence-electron chi connectivity index (χ3n) is 12.7. The Morgan fingerprint density at radius 1 is 0.267 bits per heavy atom. The van der Waals surface area contributed by atoms with Gasteiger partial charge in [0, 0.05) is 0 Å². The van der Waals surface area contributed by atoms with Gasteiger partial charge < -0.3 is 0 Å². The molecule has 0 spiro atoms. The summed E-state index contributed by atoms with van der Waals surface area (Å²) in [6.07, 6.45) is 0. The van der Waals surface area contributed by atoms with Crippen LogP contribution in [0.25, 0.3) is 127 Å². The number of thiophene rings is 1. The predicted octanol–water partition coefficient (Wildman–Crippen LogP) is 16.7. The van der Waals surface area contributed by atoms with Crippen LogP contribution in [-0.2, 0) is 0 Å². The Labute approximate surface area is 357 Å². The van der Waals surface area contributed by atoms with Gasteiger partial charge in [-0.1, -0.05) is 12.1 Å². The third-order valence-corrected chi connectivity index (χ3v) is 16.2. The molecule has 0 unspecified atom stereocenters. The zero-order valence-electron chi connectivity index (χ0n) is 32.4. The second-order valence-corrected chi connectivity index (χ2v) is 19.1. The van der Waals surface area contributed by atoms with Gasteiger partial charge in [-0.3, -0.25) is 0 Å². The number of benzene rings is 11. The Balaban J connectivity index is 1.15. The average Bonchev–Trinajstić information content (AvgIpc) is 3.90. The van der Waals surface area contributed by atoms with E-state index < -0.39 is 0 Å². The standard InChI is InChI=1S/C58H34SSe/c1-2-17-35(18-3-1)52-37-20-4-6-22-39(37)53(40-23-7-5-21-38(40)52)46-29-15-33-50-56(46)57-47(30-16-34-51(57)60-50)54-41-24-8-10-26-43(41)55(44-27-11-9-25-42(44)54)48-31-14-28-45-36-19-12-13-32-49(36)59-58(45)48/h1-34H. The summed E-state index contributed by atoms with van der Waals surface area (Å²) in [6.45, 7) is 0. The molecule has 2 aromatic heterocycles. The Morgan fingerprint density at radius 3 is 1.13 bits per heavy atom. The van der Waals surface area contributed by atoms with Crippen LogP contribution in [-0.4, -0.2) is 14.5 Å². The zero-order chi connectivity index (χ0) is 39.3. The Hall–Kier alpha value is -6.80. The maximum atomic E-state index is 2.40. The molecule has 0 aliphatic rings. The molecule has 0 amide bonds. The topological polar surface area (TPSA) is 0 Å². The van der Waals surface area contributed by atoms with Crippen molar-refractivity contribution in [1.82, 2.24) is 0 Å². The van der Waals surface area contributed by atoms with E-state index in [1.54, 1.807) is 0 Å². The van der Waals surface area contributed by atoms with Crippen LogP contribution in [0.1, 0.15) is 0 Å².